The lowest BCUT2D eigenvalue weighted by Gasteiger charge is -2.35. The van der Waals surface area contributed by atoms with E-state index in [-0.39, 0.29) is 11.9 Å². The van der Waals surface area contributed by atoms with Crippen LogP contribution in [-0.4, -0.2) is 35.0 Å². The minimum atomic E-state index is 0.207. The molecule has 3 rings (SSSR count). The normalized spacial score (nSPS) is 26.8. The van der Waals surface area contributed by atoms with Crippen LogP contribution in [0.15, 0.2) is 11.6 Å². The van der Waals surface area contributed by atoms with Gasteiger partial charge in [0.1, 0.15) is 5.01 Å². The number of likely N-dealkylation sites (tertiary alicyclic amines) is 1. The van der Waals surface area contributed by atoms with Gasteiger partial charge in [-0.15, -0.1) is 11.3 Å². The molecule has 0 N–H and O–H groups in total. The highest BCUT2D eigenvalue weighted by molar-refractivity contribution is 7.09. The van der Waals surface area contributed by atoms with Crippen LogP contribution in [0.1, 0.15) is 62.4 Å². The van der Waals surface area contributed by atoms with Crippen molar-refractivity contribution < 1.29 is 9.53 Å². The molecule has 1 aromatic rings. The van der Waals surface area contributed by atoms with Crippen LogP contribution in [-0.2, 0) is 9.53 Å². The van der Waals surface area contributed by atoms with Gasteiger partial charge in [-0.3, -0.25) is 4.79 Å². The third-order valence-electron chi connectivity index (χ3n) is 4.51. The van der Waals surface area contributed by atoms with Crippen molar-refractivity contribution in [1.29, 1.82) is 0 Å². The fourth-order valence-corrected chi connectivity index (χ4v) is 4.13. The van der Waals surface area contributed by atoms with E-state index in [0.717, 1.165) is 43.8 Å². The van der Waals surface area contributed by atoms with Crippen molar-refractivity contribution in [2.24, 2.45) is 0 Å². The van der Waals surface area contributed by atoms with Crippen molar-refractivity contribution in [3.05, 3.63) is 16.6 Å². The van der Waals surface area contributed by atoms with E-state index in [0.29, 0.717) is 12.5 Å². The highest BCUT2D eigenvalue weighted by Crippen LogP contribution is 2.32. The standard InChI is InChI=1S/C16H24N2O2S/c19-15(8-7-13-5-2-4-11-20-13)18-10-3-1-6-14(18)16-17-9-12-21-16/h9,12-14H,1-8,10-11H2/t13-,14-/m1/s1. The van der Waals surface area contributed by atoms with E-state index in [9.17, 15) is 4.79 Å². The predicted octanol–water partition coefficient (Wildman–Crippen LogP) is 3.55. The molecule has 0 aliphatic carbocycles. The molecule has 0 bridgehead atoms. The molecular weight excluding hydrogens is 284 g/mol. The molecule has 0 spiro atoms. The molecule has 21 heavy (non-hydrogen) atoms. The van der Waals surface area contributed by atoms with Crippen LogP contribution >= 0.6 is 11.3 Å². The van der Waals surface area contributed by atoms with E-state index in [2.05, 4.69) is 9.88 Å². The number of hydrogen-bond acceptors (Lipinski definition) is 4. The number of aromatic nitrogens is 1. The summed E-state index contributed by atoms with van der Waals surface area (Å²) in [5, 5.41) is 3.10. The summed E-state index contributed by atoms with van der Waals surface area (Å²) in [5.74, 6) is 0.282. The molecule has 0 aromatic carbocycles. The molecule has 1 aromatic heterocycles. The van der Waals surface area contributed by atoms with Crippen LogP contribution in [0.2, 0.25) is 0 Å². The van der Waals surface area contributed by atoms with Gasteiger partial charge in [-0.25, -0.2) is 4.98 Å². The van der Waals surface area contributed by atoms with Crippen LogP contribution in [0.4, 0.5) is 0 Å². The zero-order valence-electron chi connectivity index (χ0n) is 12.5. The van der Waals surface area contributed by atoms with Crippen molar-refractivity contribution in [3.63, 3.8) is 0 Å². The van der Waals surface area contributed by atoms with Crippen molar-refractivity contribution in [2.45, 2.75) is 63.5 Å². The number of amides is 1. The number of carbonyl (C=O) groups is 1. The number of ether oxygens (including phenoxy) is 1. The molecule has 4 nitrogen and oxygen atoms in total. The third-order valence-corrected chi connectivity index (χ3v) is 5.39. The van der Waals surface area contributed by atoms with Gasteiger partial charge in [0, 0.05) is 31.1 Å². The Morgan fingerprint density at radius 1 is 1.33 bits per heavy atom. The first kappa shape index (κ1) is 15.0. The number of piperidine rings is 1. The van der Waals surface area contributed by atoms with Gasteiger partial charge in [-0.2, -0.15) is 0 Å². The van der Waals surface area contributed by atoms with Gasteiger partial charge in [0.2, 0.25) is 5.91 Å². The Labute approximate surface area is 130 Å². The van der Waals surface area contributed by atoms with E-state index >= 15 is 0 Å². The second kappa shape index (κ2) is 7.36. The SMILES string of the molecule is O=C(CC[C@H]1CCCCO1)N1CCCC[C@@H]1c1nccs1. The molecule has 5 heteroatoms. The Balaban J connectivity index is 1.56. The highest BCUT2D eigenvalue weighted by atomic mass is 32.1. The minimum Gasteiger partial charge on any atom is -0.378 e. The lowest BCUT2D eigenvalue weighted by atomic mass is 10.0. The van der Waals surface area contributed by atoms with Gasteiger partial charge >= 0.3 is 0 Å². The number of nitrogens with zero attached hydrogens (tertiary/aromatic N) is 2. The smallest absolute Gasteiger partial charge is 0.223 e. The maximum atomic E-state index is 12.6. The zero-order chi connectivity index (χ0) is 14.5. The highest BCUT2D eigenvalue weighted by Gasteiger charge is 2.29. The first-order valence-electron chi connectivity index (χ1n) is 8.15. The Bertz CT molecular complexity index is 443. The molecular formula is C16H24N2O2S. The molecule has 0 radical (unpaired) electrons. The molecule has 2 aliphatic rings. The van der Waals surface area contributed by atoms with Crippen LogP contribution in [0.5, 0.6) is 0 Å². The largest absolute Gasteiger partial charge is 0.378 e. The zero-order valence-corrected chi connectivity index (χ0v) is 13.3. The summed E-state index contributed by atoms with van der Waals surface area (Å²) in [4.78, 5) is 19.1. The second-order valence-corrected chi connectivity index (χ2v) is 6.92. The molecule has 2 fully saturated rings. The lowest BCUT2D eigenvalue weighted by Crippen LogP contribution is -2.38. The molecule has 3 heterocycles. The van der Waals surface area contributed by atoms with Gasteiger partial charge < -0.3 is 9.64 Å². The molecule has 2 atom stereocenters. The maximum Gasteiger partial charge on any atom is 0.223 e. The topological polar surface area (TPSA) is 42.4 Å². The van der Waals surface area contributed by atoms with Crippen LogP contribution in [0.3, 0.4) is 0 Å². The second-order valence-electron chi connectivity index (χ2n) is 6.00. The minimum absolute atomic E-state index is 0.207. The van der Waals surface area contributed by atoms with E-state index in [1.807, 2.05) is 11.6 Å². The van der Waals surface area contributed by atoms with Crippen LogP contribution < -0.4 is 0 Å². The predicted molar refractivity (Wildman–Crippen MR) is 83.2 cm³/mol. The molecule has 2 saturated heterocycles. The Morgan fingerprint density at radius 2 is 2.24 bits per heavy atom. The van der Waals surface area contributed by atoms with Crippen molar-refractivity contribution in [1.82, 2.24) is 9.88 Å². The number of carbonyl (C=O) groups excluding carboxylic acids is 1. The first-order chi connectivity index (χ1) is 10.3. The maximum absolute atomic E-state index is 12.6. The number of rotatable bonds is 4. The summed E-state index contributed by atoms with van der Waals surface area (Å²) >= 11 is 1.67. The summed E-state index contributed by atoms with van der Waals surface area (Å²) in [6.07, 6.45) is 10.5. The van der Waals surface area contributed by atoms with Gasteiger partial charge in [0.15, 0.2) is 0 Å². The number of thiazole rings is 1. The lowest BCUT2D eigenvalue weighted by molar-refractivity contribution is -0.136. The van der Waals surface area contributed by atoms with Gasteiger partial charge in [-0.05, 0) is 44.9 Å². The van der Waals surface area contributed by atoms with Gasteiger partial charge in [0.25, 0.3) is 0 Å². The van der Waals surface area contributed by atoms with Crippen LogP contribution in [0.25, 0.3) is 0 Å². The quantitative estimate of drug-likeness (QED) is 0.854. The summed E-state index contributed by atoms with van der Waals surface area (Å²) in [5.41, 5.74) is 0. The molecule has 1 amide bonds. The van der Waals surface area contributed by atoms with Gasteiger partial charge in [0.05, 0.1) is 12.1 Å². The fourth-order valence-electron chi connectivity index (χ4n) is 3.35. The van der Waals surface area contributed by atoms with Gasteiger partial charge in [-0.1, -0.05) is 0 Å². The Kier molecular flexibility index (Phi) is 5.25. The Morgan fingerprint density at radius 3 is 3.00 bits per heavy atom. The van der Waals surface area contributed by atoms with Crippen molar-refractivity contribution >= 4 is 17.2 Å². The summed E-state index contributed by atoms with van der Waals surface area (Å²) in [6.45, 7) is 1.75. The fraction of sp³-hybridized carbons (Fsp3) is 0.750. The first-order valence-corrected chi connectivity index (χ1v) is 9.03. The summed E-state index contributed by atoms with van der Waals surface area (Å²) < 4.78 is 5.73. The molecule has 2 aliphatic heterocycles. The Hall–Kier alpha value is -0.940. The average Bonchev–Trinajstić information content (AvgIpc) is 3.08. The summed E-state index contributed by atoms with van der Waals surface area (Å²) in [7, 11) is 0. The molecule has 116 valence electrons. The average molecular weight is 308 g/mol. The summed E-state index contributed by atoms with van der Waals surface area (Å²) in [6, 6.07) is 0.207. The third kappa shape index (κ3) is 3.83. The van der Waals surface area contributed by atoms with E-state index in [1.165, 1.54) is 19.3 Å². The van der Waals surface area contributed by atoms with E-state index in [1.54, 1.807) is 11.3 Å². The van der Waals surface area contributed by atoms with E-state index < -0.39 is 0 Å². The van der Waals surface area contributed by atoms with Crippen molar-refractivity contribution in [3.8, 4) is 0 Å². The van der Waals surface area contributed by atoms with E-state index in [4.69, 9.17) is 4.74 Å². The molecule has 0 unspecified atom stereocenters. The van der Waals surface area contributed by atoms with Crippen molar-refractivity contribution in [2.75, 3.05) is 13.2 Å². The number of hydrogen-bond donors (Lipinski definition) is 0. The molecule has 0 saturated carbocycles. The van der Waals surface area contributed by atoms with Crippen LogP contribution in [0, 0.1) is 0 Å². The monoisotopic (exact) mass is 308 g/mol.